The van der Waals surface area contributed by atoms with E-state index < -0.39 is 42.5 Å². The normalized spacial score (nSPS) is 28.3. The summed E-state index contributed by atoms with van der Waals surface area (Å²) >= 11 is 6.49. The highest BCUT2D eigenvalue weighted by Crippen LogP contribution is 2.50. The van der Waals surface area contributed by atoms with E-state index in [4.69, 9.17) is 35.3 Å². The zero-order valence-electron chi connectivity index (χ0n) is 20.9. The number of rotatable bonds is 10. The van der Waals surface area contributed by atoms with Gasteiger partial charge >= 0.3 is 6.16 Å². The van der Waals surface area contributed by atoms with Gasteiger partial charge in [-0.25, -0.2) is 4.79 Å². The first-order valence-electron chi connectivity index (χ1n) is 12.0. The smallest absolute Gasteiger partial charge is 0.488 e. The lowest BCUT2D eigenvalue weighted by Gasteiger charge is -2.46. The van der Waals surface area contributed by atoms with Crippen LogP contribution in [0.25, 0.3) is 0 Å². The van der Waals surface area contributed by atoms with Crippen molar-refractivity contribution in [2.45, 2.75) is 43.0 Å². The Hall–Kier alpha value is -2.93. The molecule has 3 N–H and O–H groups in total. The molecule has 0 amide bonds. The average Bonchev–Trinajstić information content (AvgIpc) is 3.30. The maximum atomic E-state index is 11.7. The number of ether oxygens (including phenoxy) is 5. The van der Waals surface area contributed by atoms with Gasteiger partial charge in [0.2, 0.25) is 5.79 Å². The van der Waals surface area contributed by atoms with Crippen molar-refractivity contribution in [1.82, 2.24) is 0 Å². The average molecular weight is 552 g/mol. The van der Waals surface area contributed by atoms with Crippen molar-refractivity contribution in [2.75, 3.05) is 33.5 Å². The van der Waals surface area contributed by atoms with Gasteiger partial charge in [0.1, 0.15) is 44.4 Å². The number of hydrogen-bond acceptors (Lipinski definition) is 11. The van der Waals surface area contributed by atoms with Gasteiger partial charge in [-0.2, -0.15) is 0 Å². The van der Waals surface area contributed by atoms with E-state index in [9.17, 15) is 20.1 Å². The molecular weight excluding hydrogens is 522 g/mol. The van der Waals surface area contributed by atoms with Crippen LogP contribution in [0.15, 0.2) is 47.6 Å². The zero-order valence-corrected chi connectivity index (χ0v) is 21.7. The lowest BCUT2D eigenvalue weighted by Crippen LogP contribution is -2.65. The molecule has 206 valence electrons. The summed E-state index contributed by atoms with van der Waals surface area (Å²) in [7, 11) is 1.45. The Bertz CT molecular complexity index is 1150. The number of carbonyl (C=O) groups excluding carboxylic acids is 1. The maximum Gasteiger partial charge on any atom is 0.508 e. The Morgan fingerprint density at radius 3 is 2.63 bits per heavy atom. The SMILES string of the molecule is CCOC(=O)OC[C@@]12CO[C@@](c3ccc(Cl)c(Cc4ccc(OC/C=N/OC)cc4)c3)(O1)[C@H](O)[C@@H](O)[C@@H]2O. The van der Waals surface area contributed by atoms with E-state index in [0.29, 0.717) is 28.3 Å². The molecule has 0 aromatic heterocycles. The monoisotopic (exact) mass is 551 g/mol. The molecule has 0 radical (unpaired) electrons. The Labute approximate surface area is 224 Å². The van der Waals surface area contributed by atoms with Crippen LogP contribution < -0.4 is 4.74 Å². The van der Waals surface area contributed by atoms with Gasteiger partial charge < -0.3 is 43.8 Å². The van der Waals surface area contributed by atoms with Crippen LogP contribution in [0, 0.1) is 0 Å². The Morgan fingerprint density at radius 1 is 1.16 bits per heavy atom. The van der Waals surface area contributed by atoms with Crippen LogP contribution in [0.4, 0.5) is 4.79 Å². The van der Waals surface area contributed by atoms with Crippen LogP contribution in [-0.4, -0.2) is 85.1 Å². The molecule has 5 atom stereocenters. The topological polar surface area (TPSA) is 146 Å². The van der Waals surface area contributed by atoms with E-state index in [1.165, 1.54) is 13.3 Å². The highest BCUT2D eigenvalue weighted by Gasteiger charge is 2.67. The minimum absolute atomic E-state index is 0.101. The van der Waals surface area contributed by atoms with Crippen molar-refractivity contribution in [1.29, 1.82) is 0 Å². The molecule has 11 nitrogen and oxygen atoms in total. The van der Waals surface area contributed by atoms with Gasteiger partial charge in [-0.15, -0.1) is 0 Å². The van der Waals surface area contributed by atoms with Crippen LogP contribution in [0.1, 0.15) is 23.6 Å². The number of aliphatic hydroxyl groups is 3. The maximum absolute atomic E-state index is 11.7. The fraction of sp³-hybridized carbons (Fsp3) is 0.462. The first kappa shape index (κ1) is 28.1. The van der Waals surface area contributed by atoms with Crippen molar-refractivity contribution >= 4 is 24.0 Å². The fourth-order valence-electron chi connectivity index (χ4n) is 4.49. The van der Waals surface area contributed by atoms with E-state index in [-0.39, 0.29) is 19.8 Å². The summed E-state index contributed by atoms with van der Waals surface area (Å²) in [6.45, 7) is 1.28. The van der Waals surface area contributed by atoms with Crippen molar-refractivity contribution in [2.24, 2.45) is 5.16 Å². The Balaban J connectivity index is 1.54. The third kappa shape index (κ3) is 5.58. The van der Waals surface area contributed by atoms with Gasteiger partial charge in [0, 0.05) is 10.6 Å². The molecule has 2 bridgehead atoms. The van der Waals surface area contributed by atoms with Crippen LogP contribution in [0.3, 0.4) is 0 Å². The van der Waals surface area contributed by atoms with Crippen molar-refractivity contribution < 1.29 is 48.6 Å². The predicted molar refractivity (Wildman–Crippen MR) is 134 cm³/mol. The number of fused-ring (bicyclic) bond motifs is 2. The molecule has 2 saturated heterocycles. The molecule has 12 heteroatoms. The fourth-order valence-corrected chi connectivity index (χ4v) is 4.67. The van der Waals surface area contributed by atoms with Gasteiger partial charge in [0.25, 0.3) is 0 Å². The largest absolute Gasteiger partial charge is 0.508 e. The molecule has 0 spiro atoms. The molecule has 2 aromatic rings. The molecule has 0 aliphatic carbocycles. The highest BCUT2D eigenvalue weighted by atomic mass is 35.5. The van der Waals surface area contributed by atoms with Crippen LogP contribution in [0.2, 0.25) is 5.02 Å². The van der Waals surface area contributed by atoms with Gasteiger partial charge in [0.15, 0.2) is 5.60 Å². The number of hydrogen-bond donors (Lipinski definition) is 3. The third-order valence-electron chi connectivity index (χ3n) is 6.43. The predicted octanol–water partition coefficient (Wildman–Crippen LogP) is 2.15. The number of nitrogens with zero attached hydrogens (tertiary/aromatic N) is 1. The molecule has 2 aliphatic heterocycles. The van der Waals surface area contributed by atoms with Gasteiger partial charge in [-0.05, 0) is 48.7 Å². The molecule has 38 heavy (non-hydrogen) atoms. The lowest BCUT2D eigenvalue weighted by molar-refractivity contribution is -0.329. The molecule has 2 heterocycles. The Kier molecular flexibility index (Phi) is 8.76. The van der Waals surface area contributed by atoms with E-state index in [0.717, 1.165) is 5.56 Å². The number of carbonyl (C=O) groups is 1. The lowest BCUT2D eigenvalue weighted by atomic mass is 9.83. The Morgan fingerprint density at radius 2 is 1.92 bits per heavy atom. The summed E-state index contributed by atoms with van der Waals surface area (Å²) < 4.78 is 27.4. The molecule has 0 saturated carbocycles. The summed E-state index contributed by atoms with van der Waals surface area (Å²) in [4.78, 5) is 16.3. The van der Waals surface area contributed by atoms with Gasteiger partial charge in [-0.3, -0.25) is 0 Å². The molecule has 2 aromatic carbocycles. The summed E-state index contributed by atoms with van der Waals surface area (Å²) in [5.74, 6) is -1.17. The van der Waals surface area contributed by atoms with Gasteiger partial charge in [-0.1, -0.05) is 35.0 Å². The van der Waals surface area contributed by atoms with Crippen molar-refractivity contribution in [3.8, 4) is 5.75 Å². The van der Waals surface area contributed by atoms with E-state index in [1.54, 1.807) is 25.1 Å². The summed E-state index contributed by atoms with van der Waals surface area (Å²) in [5.41, 5.74) is 0.407. The van der Waals surface area contributed by atoms with Crippen molar-refractivity contribution in [3.05, 3.63) is 64.2 Å². The molecule has 0 unspecified atom stereocenters. The van der Waals surface area contributed by atoms with Crippen LogP contribution >= 0.6 is 11.6 Å². The minimum atomic E-state index is -1.82. The molecule has 4 rings (SSSR count). The van der Waals surface area contributed by atoms with E-state index in [1.807, 2.05) is 24.3 Å². The van der Waals surface area contributed by atoms with Crippen molar-refractivity contribution in [3.63, 3.8) is 0 Å². The second kappa shape index (κ2) is 11.9. The second-order valence-electron chi connectivity index (χ2n) is 8.88. The third-order valence-corrected chi connectivity index (χ3v) is 6.80. The van der Waals surface area contributed by atoms with Crippen LogP contribution in [-0.2, 0) is 36.0 Å². The second-order valence-corrected chi connectivity index (χ2v) is 9.29. The number of aliphatic hydroxyl groups excluding tert-OH is 3. The number of benzene rings is 2. The number of halogens is 1. The van der Waals surface area contributed by atoms with Gasteiger partial charge in [0.05, 0.1) is 19.4 Å². The summed E-state index contributed by atoms with van der Waals surface area (Å²) in [6, 6.07) is 12.4. The van der Waals surface area contributed by atoms with E-state index in [2.05, 4.69) is 9.99 Å². The molecular formula is C26H30ClNO10. The molecule has 2 fully saturated rings. The van der Waals surface area contributed by atoms with Crippen LogP contribution in [0.5, 0.6) is 5.75 Å². The first-order valence-corrected chi connectivity index (χ1v) is 12.4. The number of oxime groups is 1. The quantitative estimate of drug-likeness (QED) is 0.228. The highest BCUT2D eigenvalue weighted by molar-refractivity contribution is 6.31. The standard InChI is InChI=1S/C26H30ClNO10/c1-3-34-24(32)36-14-25-15-37-26(38-25,23(31)21(29)22(25)30)18-6-9-20(27)17(13-18)12-16-4-7-19(8-5-16)35-11-10-28-33-2/h4-10,13,21-23,29-31H,3,11-12,14-15H2,1-2H3/b28-10+/t21-,22-,23+,25-,26-/m0/s1. The molecule has 2 aliphatic rings. The first-order chi connectivity index (χ1) is 18.2. The summed E-state index contributed by atoms with van der Waals surface area (Å²) in [5, 5.41) is 36.4. The zero-order chi connectivity index (χ0) is 27.3. The minimum Gasteiger partial charge on any atom is -0.488 e. The summed E-state index contributed by atoms with van der Waals surface area (Å²) in [6.07, 6.45) is -3.88. The van der Waals surface area contributed by atoms with E-state index >= 15 is 0 Å².